The van der Waals surface area contributed by atoms with Crippen molar-refractivity contribution in [2.45, 2.75) is 13.5 Å². The molecule has 0 saturated heterocycles. The van der Waals surface area contributed by atoms with Gasteiger partial charge in [-0.15, -0.1) is 0 Å². The van der Waals surface area contributed by atoms with E-state index in [9.17, 15) is 4.79 Å². The van der Waals surface area contributed by atoms with Gasteiger partial charge in [-0.1, -0.05) is 23.7 Å². The number of H-pyrrole nitrogens is 1. The Morgan fingerprint density at radius 3 is 2.74 bits per heavy atom. The fraction of sp³-hybridized carbons (Fsp3) is 0.188. The van der Waals surface area contributed by atoms with Gasteiger partial charge in [0, 0.05) is 35.9 Å². The third kappa shape index (κ3) is 3.43. The number of aromatic amines is 1. The van der Waals surface area contributed by atoms with Gasteiger partial charge in [0.15, 0.2) is 0 Å². The van der Waals surface area contributed by atoms with Crippen molar-refractivity contribution >= 4 is 17.5 Å². The van der Waals surface area contributed by atoms with Crippen molar-refractivity contribution in [2.75, 3.05) is 0 Å². The maximum atomic E-state index is 12.2. The van der Waals surface area contributed by atoms with Crippen LogP contribution >= 0.6 is 11.6 Å². The van der Waals surface area contributed by atoms with Crippen molar-refractivity contribution in [3.05, 3.63) is 58.5 Å². The molecule has 0 fully saturated rings. The lowest BCUT2D eigenvalue weighted by Crippen LogP contribution is -2.23. The summed E-state index contributed by atoms with van der Waals surface area (Å²) in [6, 6.07) is 9.01. The Balaban J connectivity index is 1.69. The minimum atomic E-state index is -0.207. The molecule has 3 aromatic rings. The third-order valence-corrected chi connectivity index (χ3v) is 3.77. The molecule has 0 atom stereocenters. The summed E-state index contributed by atoms with van der Waals surface area (Å²) in [5, 5.41) is 14.7. The first-order valence-electron chi connectivity index (χ1n) is 7.11. The Morgan fingerprint density at radius 1 is 1.35 bits per heavy atom. The first-order chi connectivity index (χ1) is 11.0. The number of carbonyl (C=O) groups is 1. The maximum absolute atomic E-state index is 12.2. The lowest BCUT2D eigenvalue weighted by atomic mass is 10.1. The summed E-state index contributed by atoms with van der Waals surface area (Å²) in [5.74, 6) is -0.207. The number of amides is 1. The average molecular weight is 330 g/mol. The van der Waals surface area contributed by atoms with Crippen molar-refractivity contribution in [1.29, 1.82) is 0 Å². The molecule has 23 heavy (non-hydrogen) atoms. The van der Waals surface area contributed by atoms with E-state index in [0.29, 0.717) is 23.0 Å². The molecule has 0 aliphatic carbocycles. The number of halogens is 1. The summed E-state index contributed by atoms with van der Waals surface area (Å²) < 4.78 is 1.73. The summed E-state index contributed by atoms with van der Waals surface area (Å²) in [6.07, 6.45) is 1.89. The van der Waals surface area contributed by atoms with Crippen molar-refractivity contribution in [1.82, 2.24) is 25.3 Å². The number of aryl methyl sites for hydroxylation is 2. The van der Waals surface area contributed by atoms with Crippen LogP contribution in [-0.4, -0.2) is 25.9 Å². The van der Waals surface area contributed by atoms with E-state index in [1.807, 2.05) is 32.3 Å². The molecule has 3 rings (SSSR count). The molecule has 1 amide bonds. The lowest BCUT2D eigenvalue weighted by molar-refractivity contribution is 0.0946. The van der Waals surface area contributed by atoms with Gasteiger partial charge in [0.2, 0.25) is 0 Å². The number of carbonyl (C=O) groups excluding carboxylic acids is 1. The SMILES string of the molecule is Cc1nn(C)cc1CNC(=O)c1cc(-c2ccc(Cl)cc2)n[nH]1. The normalized spacial score (nSPS) is 10.7. The van der Waals surface area contributed by atoms with Gasteiger partial charge < -0.3 is 5.32 Å². The van der Waals surface area contributed by atoms with E-state index in [0.717, 1.165) is 16.8 Å². The molecule has 0 spiro atoms. The largest absolute Gasteiger partial charge is 0.347 e. The molecule has 118 valence electrons. The molecule has 0 unspecified atom stereocenters. The number of hydrogen-bond donors (Lipinski definition) is 2. The van der Waals surface area contributed by atoms with Crippen LogP contribution in [0.25, 0.3) is 11.3 Å². The maximum Gasteiger partial charge on any atom is 0.269 e. The van der Waals surface area contributed by atoms with Crippen LogP contribution in [0, 0.1) is 6.92 Å². The van der Waals surface area contributed by atoms with Crippen LogP contribution in [0.3, 0.4) is 0 Å². The van der Waals surface area contributed by atoms with Gasteiger partial charge in [-0.05, 0) is 25.1 Å². The van der Waals surface area contributed by atoms with Crippen LogP contribution in [0.1, 0.15) is 21.7 Å². The zero-order valence-corrected chi connectivity index (χ0v) is 13.6. The second-order valence-electron chi connectivity index (χ2n) is 5.27. The van der Waals surface area contributed by atoms with Crippen LogP contribution < -0.4 is 5.32 Å². The van der Waals surface area contributed by atoms with Crippen LogP contribution in [0.4, 0.5) is 0 Å². The van der Waals surface area contributed by atoms with Crippen molar-refractivity contribution < 1.29 is 4.79 Å². The second-order valence-corrected chi connectivity index (χ2v) is 5.71. The highest BCUT2D eigenvalue weighted by molar-refractivity contribution is 6.30. The number of benzene rings is 1. The lowest BCUT2D eigenvalue weighted by Gasteiger charge is -2.01. The first kappa shape index (κ1) is 15.3. The quantitative estimate of drug-likeness (QED) is 0.772. The van der Waals surface area contributed by atoms with Crippen LogP contribution in [0.2, 0.25) is 5.02 Å². The monoisotopic (exact) mass is 329 g/mol. The van der Waals surface area contributed by atoms with Gasteiger partial charge >= 0.3 is 0 Å². The zero-order valence-electron chi connectivity index (χ0n) is 12.8. The molecule has 7 heteroatoms. The van der Waals surface area contributed by atoms with E-state index in [1.165, 1.54) is 0 Å². The molecule has 0 aliphatic heterocycles. The number of hydrogen-bond acceptors (Lipinski definition) is 3. The number of rotatable bonds is 4. The van der Waals surface area contributed by atoms with Gasteiger partial charge in [-0.25, -0.2) is 0 Å². The van der Waals surface area contributed by atoms with E-state index in [2.05, 4.69) is 20.6 Å². The molecule has 1 aromatic carbocycles. The summed E-state index contributed by atoms with van der Waals surface area (Å²) >= 11 is 5.87. The Hall–Kier alpha value is -2.60. The highest BCUT2D eigenvalue weighted by Crippen LogP contribution is 2.20. The van der Waals surface area contributed by atoms with Gasteiger partial charge in [0.1, 0.15) is 5.69 Å². The second kappa shape index (κ2) is 6.26. The Morgan fingerprint density at radius 2 is 2.09 bits per heavy atom. The predicted octanol–water partition coefficient (Wildman–Crippen LogP) is 2.70. The van der Waals surface area contributed by atoms with Gasteiger partial charge in [-0.3, -0.25) is 14.6 Å². The highest BCUT2D eigenvalue weighted by atomic mass is 35.5. The van der Waals surface area contributed by atoms with E-state index in [1.54, 1.807) is 22.9 Å². The predicted molar refractivity (Wildman–Crippen MR) is 88.1 cm³/mol. The summed E-state index contributed by atoms with van der Waals surface area (Å²) in [4.78, 5) is 12.2. The summed E-state index contributed by atoms with van der Waals surface area (Å²) in [6.45, 7) is 2.34. The van der Waals surface area contributed by atoms with E-state index < -0.39 is 0 Å². The van der Waals surface area contributed by atoms with E-state index in [-0.39, 0.29) is 5.91 Å². The molecule has 0 saturated carbocycles. The Kier molecular flexibility index (Phi) is 4.16. The standard InChI is InChI=1S/C16H16ClN5O/c1-10-12(9-22(2)21-10)8-18-16(23)15-7-14(19-20-15)11-3-5-13(17)6-4-11/h3-7,9H,8H2,1-2H3,(H,18,23)(H,19,20). The van der Waals surface area contributed by atoms with Crippen molar-refractivity contribution in [3.8, 4) is 11.3 Å². The highest BCUT2D eigenvalue weighted by Gasteiger charge is 2.12. The fourth-order valence-corrected chi connectivity index (χ4v) is 2.43. The Bertz CT molecular complexity index is 835. The molecule has 2 N–H and O–H groups in total. The number of nitrogens with zero attached hydrogens (tertiary/aromatic N) is 3. The van der Waals surface area contributed by atoms with E-state index >= 15 is 0 Å². The average Bonchev–Trinajstić information content (AvgIpc) is 3.12. The minimum Gasteiger partial charge on any atom is -0.347 e. The third-order valence-electron chi connectivity index (χ3n) is 3.52. The number of nitrogens with one attached hydrogen (secondary N) is 2. The fourth-order valence-electron chi connectivity index (χ4n) is 2.30. The molecule has 0 radical (unpaired) electrons. The minimum absolute atomic E-state index is 0.207. The van der Waals surface area contributed by atoms with Gasteiger partial charge in [0.05, 0.1) is 11.4 Å². The molecule has 0 aliphatic rings. The smallest absolute Gasteiger partial charge is 0.269 e. The van der Waals surface area contributed by atoms with Gasteiger partial charge in [-0.2, -0.15) is 10.2 Å². The zero-order chi connectivity index (χ0) is 16.4. The first-order valence-corrected chi connectivity index (χ1v) is 7.49. The molecule has 0 bridgehead atoms. The van der Waals surface area contributed by atoms with Crippen LogP contribution in [0.5, 0.6) is 0 Å². The molecule has 2 heterocycles. The Labute approximate surface area is 138 Å². The topological polar surface area (TPSA) is 75.6 Å². The van der Waals surface area contributed by atoms with Gasteiger partial charge in [0.25, 0.3) is 5.91 Å². The number of aromatic nitrogens is 4. The van der Waals surface area contributed by atoms with E-state index in [4.69, 9.17) is 11.6 Å². The molecule has 2 aromatic heterocycles. The molecule has 6 nitrogen and oxygen atoms in total. The summed E-state index contributed by atoms with van der Waals surface area (Å²) in [7, 11) is 1.85. The van der Waals surface area contributed by atoms with Crippen molar-refractivity contribution in [3.63, 3.8) is 0 Å². The molecular weight excluding hydrogens is 314 g/mol. The van der Waals surface area contributed by atoms with Crippen molar-refractivity contribution in [2.24, 2.45) is 7.05 Å². The van der Waals surface area contributed by atoms with Crippen LogP contribution in [0.15, 0.2) is 36.5 Å². The van der Waals surface area contributed by atoms with Crippen LogP contribution in [-0.2, 0) is 13.6 Å². The molecular formula is C16H16ClN5O. The summed E-state index contributed by atoms with van der Waals surface area (Å²) in [5.41, 5.74) is 3.89.